The van der Waals surface area contributed by atoms with E-state index in [-0.39, 0.29) is 10.6 Å². The summed E-state index contributed by atoms with van der Waals surface area (Å²) < 4.78 is 41.6. The van der Waals surface area contributed by atoms with Gasteiger partial charge >= 0.3 is 0 Å². The van der Waals surface area contributed by atoms with Gasteiger partial charge in [-0.05, 0) is 23.8 Å². The lowest BCUT2D eigenvalue weighted by Gasteiger charge is -2.39. The molecule has 1 aromatic carbocycles. The number of halogens is 4. The van der Waals surface area contributed by atoms with Crippen LogP contribution >= 0.6 is 11.6 Å². The standard InChI is InChI=1S/C13H16ClF3N2O/c14-11-2-1-9(15)7-10(11)12(13(16,17)8-20)19-5-3-18-4-6-19/h1-2,7,12,18,20H,3-6,8H2/t12-/m1/s1. The first-order chi connectivity index (χ1) is 9.45. The molecule has 1 heterocycles. The molecule has 112 valence electrons. The molecule has 7 heteroatoms. The highest BCUT2D eigenvalue weighted by Gasteiger charge is 2.45. The lowest BCUT2D eigenvalue weighted by Crippen LogP contribution is -2.51. The summed E-state index contributed by atoms with van der Waals surface area (Å²) >= 11 is 5.95. The molecule has 1 fully saturated rings. The van der Waals surface area contributed by atoms with E-state index in [0.717, 1.165) is 12.1 Å². The van der Waals surface area contributed by atoms with Gasteiger partial charge < -0.3 is 10.4 Å². The zero-order chi connectivity index (χ0) is 14.8. The van der Waals surface area contributed by atoms with Crippen molar-refractivity contribution in [1.82, 2.24) is 10.2 Å². The maximum atomic E-state index is 14.1. The average Bonchev–Trinajstić information content (AvgIpc) is 2.44. The van der Waals surface area contributed by atoms with Crippen molar-refractivity contribution in [1.29, 1.82) is 0 Å². The van der Waals surface area contributed by atoms with Crippen molar-refractivity contribution < 1.29 is 18.3 Å². The Bertz CT molecular complexity index is 467. The molecule has 0 unspecified atom stereocenters. The third-order valence-corrected chi connectivity index (χ3v) is 3.72. The molecule has 0 saturated carbocycles. The summed E-state index contributed by atoms with van der Waals surface area (Å²) in [5.74, 6) is -4.02. The van der Waals surface area contributed by atoms with Crippen molar-refractivity contribution in [2.45, 2.75) is 12.0 Å². The van der Waals surface area contributed by atoms with E-state index in [1.54, 1.807) is 0 Å². The molecule has 2 N–H and O–H groups in total. The number of benzene rings is 1. The number of rotatable bonds is 4. The van der Waals surface area contributed by atoms with E-state index >= 15 is 0 Å². The fourth-order valence-electron chi connectivity index (χ4n) is 2.44. The van der Waals surface area contributed by atoms with Crippen LogP contribution < -0.4 is 5.32 Å². The predicted molar refractivity (Wildman–Crippen MR) is 70.6 cm³/mol. The molecule has 0 bridgehead atoms. The zero-order valence-electron chi connectivity index (χ0n) is 10.8. The molecule has 20 heavy (non-hydrogen) atoms. The minimum Gasteiger partial charge on any atom is -0.390 e. The second-order valence-electron chi connectivity index (χ2n) is 4.77. The summed E-state index contributed by atoms with van der Waals surface area (Å²) in [6.45, 7) is 0.574. The van der Waals surface area contributed by atoms with E-state index < -0.39 is 24.4 Å². The molecule has 1 aliphatic heterocycles. The van der Waals surface area contributed by atoms with E-state index in [4.69, 9.17) is 16.7 Å². The van der Waals surface area contributed by atoms with Crippen LogP contribution in [-0.4, -0.2) is 48.7 Å². The number of piperazine rings is 1. The first kappa shape index (κ1) is 15.6. The minimum atomic E-state index is -3.39. The van der Waals surface area contributed by atoms with Crippen LogP contribution in [0, 0.1) is 5.82 Å². The Morgan fingerprint density at radius 2 is 2.00 bits per heavy atom. The SMILES string of the molecule is OCC(F)(F)[C@@H](c1cc(F)ccc1Cl)N1CCNCC1. The Balaban J connectivity index is 2.42. The lowest BCUT2D eigenvalue weighted by molar-refractivity contribution is -0.118. The molecular weight excluding hydrogens is 293 g/mol. The highest BCUT2D eigenvalue weighted by molar-refractivity contribution is 6.31. The van der Waals surface area contributed by atoms with Crippen LogP contribution in [0.15, 0.2) is 18.2 Å². The molecule has 1 atom stereocenters. The van der Waals surface area contributed by atoms with Crippen LogP contribution in [0.25, 0.3) is 0 Å². The fourth-order valence-corrected chi connectivity index (χ4v) is 2.66. The molecule has 1 aromatic rings. The number of hydrogen-bond acceptors (Lipinski definition) is 3. The predicted octanol–water partition coefficient (Wildman–Crippen LogP) is 2.05. The number of nitrogens with one attached hydrogen (secondary N) is 1. The van der Waals surface area contributed by atoms with Gasteiger partial charge in [0.25, 0.3) is 5.92 Å². The zero-order valence-corrected chi connectivity index (χ0v) is 11.5. The molecule has 2 rings (SSSR count). The summed E-state index contributed by atoms with van der Waals surface area (Å²) in [7, 11) is 0. The van der Waals surface area contributed by atoms with Crippen LogP contribution in [0.4, 0.5) is 13.2 Å². The van der Waals surface area contributed by atoms with Crippen LogP contribution in [0.5, 0.6) is 0 Å². The van der Waals surface area contributed by atoms with Crippen molar-refractivity contribution in [2.75, 3.05) is 32.8 Å². The van der Waals surface area contributed by atoms with Gasteiger partial charge in [-0.1, -0.05) is 11.6 Å². The number of hydrogen-bond donors (Lipinski definition) is 2. The Kier molecular flexibility index (Phi) is 4.90. The summed E-state index contributed by atoms with van der Waals surface area (Å²) in [4.78, 5) is 1.52. The first-order valence-electron chi connectivity index (χ1n) is 6.34. The lowest BCUT2D eigenvalue weighted by atomic mass is 9.98. The minimum absolute atomic E-state index is 0.00705. The van der Waals surface area contributed by atoms with Gasteiger partial charge in [0, 0.05) is 31.2 Å². The molecule has 1 saturated heterocycles. The highest BCUT2D eigenvalue weighted by atomic mass is 35.5. The van der Waals surface area contributed by atoms with Gasteiger partial charge in [0.2, 0.25) is 0 Å². The summed E-state index contributed by atoms with van der Waals surface area (Å²) in [6, 6.07) is 1.96. The van der Waals surface area contributed by atoms with Gasteiger partial charge in [-0.3, -0.25) is 4.90 Å². The Labute approximate surface area is 120 Å². The van der Waals surface area contributed by atoms with Crippen molar-refractivity contribution in [3.8, 4) is 0 Å². The molecular formula is C13H16ClF3N2O. The molecule has 3 nitrogen and oxygen atoms in total. The quantitative estimate of drug-likeness (QED) is 0.894. The maximum Gasteiger partial charge on any atom is 0.289 e. The van der Waals surface area contributed by atoms with Gasteiger partial charge in [-0.25, -0.2) is 13.2 Å². The van der Waals surface area contributed by atoms with Crippen molar-refractivity contribution in [2.24, 2.45) is 0 Å². The second kappa shape index (κ2) is 6.30. The Morgan fingerprint density at radius 1 is 1.35 bits per heavy atom. The second-order valence-corrected chi connectivity index (χ2v) is 5.18. The Hall–Kier alpha value is -0.820. The summed E-state index contributed by atoms with van der Waals surface area (Å²) in [5, 5.41) is 12.1. The monoisotopic (exact) mass is 308 g/mol. The van der Waals surface area contributed by atoms with Gasteiger partial charge in [0.05, 0.1) is 0 Å². The summed E-state index contributed by atoms with van der Waals surface area (Å²) in [6.07, 6.45) is 0. The maximum absolute atomic E-state index is 14.1. The van der Waals surface area contributed by atoms with E-state index in [1.807, 2.05) is 0 Å². The van der Waals surface area contributed by atoms with Gasteiger partial charge in [-0.15, -0.1) is 0 Å². The van der Waals surface area contributed by atoms with E-state index in [9.17, 15) is 13.2 Å². The topological polar surface area (TPSA) is 35.5 Å². The Morgan fingerprint density at radius 3 is 2.60 bits per heavy atom. The van der Waals surface area contributed by atoms with Crippen molar-refractivity contribution in [3.05, 3.63) is 34.6 Å². The van der Waals surface area contributed by atoms with Crippen molar-refractivity contribution >= 4 is 11.6 Å². The number of alkyl halides is 2. The van der Waals surface area contributed by atoms with Gasteiger partial charge in [0.1, 0.15) is 18.5 Å². The third kappa shape index (κ3) is 3.25. The van der Waals surface area contributed by atoms with Crippen LogP contribution in [0.2, 0.25) is 5.02 Å². The molecule has 0 aromatic heterocycles. The van der Waals surface area contributed by atoms with E-state index in [1.165, 1.54) is 11.0 Å². The summed E-state index contributed by atoms with van der Waals surface area (Å²) in [5.41, 5.74) is 0.00705. The molecule has 0 radical (unpaired) electrons. The van der Waals surface area contributed by atoms with Crippen molar-refractivity contribution in [3.63, 3.8) is 0 Å². The fraction of sp³-hybridized carbons (Fsp3) is 0.538. The molecule has 0 spiro atoms. The smallest absolute Gasteiger partial charge is 0.289 e. The third-order valence-electron chi connectivity index (χ3n) is 3.38. The van der Waals surface area contributed by atoms with Crippen LogP contribution in [-0.2, 0) is 0 Å². The largest absolute Gasteiger partial charge is 0.390 e. The van der Waals surface area contributed by atoms with E-state index in [2.05, 4.69) is 5.32 Å². The molecule has 0 amide bonds. The van der Waals surface area contributed by atoms with Crippen LogP contribution in [0.1, 0.15) is 11.6 Å². The average molecular weight is 309 g/mol. The van der Waals surface area contributed by atoms with Crippen LogP contribution in [0.3, 0.4) is 0 Å². The van der Waals surface area contributed by atoms with Gasteiger partial charge in [-0.2, -0.15) is 0 Å². The molecule has 1 aliphatic rings. The van der Waals surface area contributed by atoms with Gasteiger partial charge in [0.15, 0.2) is 0 Å². The number of nitrogens with zero attached hydrogens (tertiary/aromatic N) is 1. The highest BCUT2D eigenvalue weighted by Crippen LogP contribution is 2.39. The number of aliphatic hydroxyl groups excluding tert-OH is 1. The first-order valence-corrected chi connectivity index (χ1v) is 6.72. The molecule has 0 aliphatic carbocycles. The number of aliphatic hydroxyl groups is 1. The normalized spacial score (nSPS) is 19.1. The van der Waals surface area contributed by atoms with E-state index in [0.29, 0.717) is 26.2 Å².